The molecule has 0 spiro atoms. The maximum atomic E-state index is 15.1. The van der Waals surface area contributed by atoms with Crippen LogP contribution < -0.4 is 21.9 Å². The number of carbonyl (C=O) groups is 2. The van der Waals surface area contributed by atoms with E-state index in [2.05, 4.69) is 10.6 Å². The highest BCUT2D eigenvalue weighted by Crippen LogP contribution is 2.32. The van der Waals surface area contributed by atoms with Crippen molar-refractivity contribution >= 4 is 28.5 Å². The smallest absolute Gasteiger partial charge is 0.331 e. The van der Waals surface area contributed by atoms with Gasteiger partial charge in [-0.3, -0.25) is 23.5 Å². The summed E-state index contributed by atoms with van der Waals surface area (Å²) in [6.45, 7) is -0.212. The lowest BCUT2D eigenvalue weighted by Gasteiger charge is -2.25. The number of halogens is 1. The zero-order valence-corrected chi connectivity index (χ0v) is 19.1. The van der Waals surface area contributed by atoms with Crippen LogP contribution in [0, 0.1) is 5.82 Å². The summed E-state index contributed by atoms with van der Waals surface area (Å²) in [5.74, 6) is -2.51. The van der Waals surface area contributed by atoms with Crippen LogP contribution in [0.15, 0.2) is 21.7 Å². The van der Waals surface area contributed by atoms with E-state index in [0.29, 0.717) is 11.2 Å². The van der Waals surface area contributed by atoms with Gasteiger partial charge in [0.15, 0.2) is 0 Å². The summed E-state index contributed by atoms with van der Waals surface area (Å²) >= 11 is 0. The summed E-state index contributed by atoms with van der Waals surface area (Å²) in [5, 5.41) is 14.5. The van der Waals surface area contributed by atoms with Crippen molar-refractivity contribution in [1.82, 2.24) is 14.5 Å². The molecule has 2 saturated carbocycles. The third kappa shape index (κ3) is 5.15. The van der Waals surface area contributed by atoms with Crippen molar-refractivity contribution in [2.75, 3.05) is 11.9 Å². The first-order valence-corrected chi connectivity index (χ1v) is 12.1. The number of fused-ring (bicyclic) bond motifs is 1. The lowest BCUT2D eigenvalue weighted by molar-refractivity contribution is -0.140. The Bertz CT molecular complexity index is 1190. The van der Waals surface area contributed by atoms with Crippen LogP contribution in [0.3, 0.4) is 0 Å². The average molecular weight is 475 g/mol. The molecule has 4 rings (SSSR count). The molecular formula is C24H31FN4O5. The zero-order valence-electron chi connectivity index (χ0n) is 19.1. The fourth-order valence-corrected chi connectivity index (χ4v) is 5.19. The molecule has 184 valence electrons. The summed E-state index contributed by atoms with van der Waals surface area (Å²) < 4.78 is 17.7. The molecule has 10 heteroatoms. The van der Waals surface area contributed by atoms with Crippen LogP contribution in [-0.4, -0.2) is 38.7 Å². The highest BCUT2D eigenvalue weighted by Gasteiger charge is 2.25. The van der Waals surface area contributed by atoms with E-state index in [4.69, 9.17) is 5.11 Å². The Labute approximate surface area is 196 Å². The SMILES string of the molecule is O=C(O)CC(=O)NCCn1c(=O)c2cc(F)c(NC3CCCCC3)cc2n(C2CCCC2)c1=O. The Balaban J connectivity index is 1.72. The molecule has 1 heterocycles. The van der Waals surface area contributed by atoms with Gasteiger partial charge in [0.25, 0.3) is 5.56 Å². The first-order valence-electron chi connectivity index (χ1n) is 12.1. The number of nitrogens with one attached hydrogen (secondary N) is 2. The third-order valence-electron chi connectivity index (χ3n) is 6.88. The van der Waals surface area contributed by atoms with E-state index >= 15 is 4.39 Å². The minimum atomic E-state index is -1.27. The van der Waals surface area contributed by atoms with Crippen LogP contribution in [0.2, 0.25) is 0 Å². The summed E-state index contributed by atoms with van der Waals surface area (Å²) in [4.78, 5) is 48.9. The van der Waals surface area contributed by atoms with Gasteiger partial charge in [0.2, 0.25) is 5.91 Å². The molecular weight excluding hydrogens is 443 g/mol. The number of carboxylic acids is 1. The average Bonchev–Trinajstić information content (AvgIpc) is 3.32. The minimum Gasteiger partial charge on any atom is -0.481 e. The number of amides is 1. The molecule has 2 aliphatic rings. The maximum Gasteiger partial charge on any atom is 0.331 e. The van der Waals surface area contributed by atoms with Crippen molar-refractivity contribution in [3.8, 4) is 0 Å². The second-order valence-electron chi connectivity index (χ2n) is 9.30. The molecule has 0 radical (unpaired) electrons. The molecule has 1 amide bonds. The van der Waals surface area contributed by atoms with E-state index in [1.54, 1.807) is 10.6 Å². The molecule has 0 unspecified atom stereocenters. The van der Waals surface area contributed by atoms with Crippen LogP contribution in [0.4, 0.5) is 10.1 Å². The molecule has 34 heavy (non-hydrogen) atoms. The largest absolute Gasteiger partial charge is 0.481 e. The van der Waals surface area contributed by atoms with Gasteiger partial charge in [0.05, 0.1) is 16.6 Å². The Morgan fingerprint density at radius 1 is 1.03 bits per heavy atom. The van der Waals surface area contributed by atoms with Gasteiger partial charge in [-0.05, 0) is 37.8 Å². The van der Waals surface area contributed by atoms with E-state index in [0.717, 1.165) is 55.9 Å². The number of aromatic nitrogens is 2. The van der Waals surface area contributed by atoms with Crippen LogP contribution in [0.1, 0.15) is 70.3 Å². The van der Waals surface area contributed by atoms with Gasteiger partial charge in [0, 0.05) is 25.2 Å². The Morgan fingerprint density at radius 2 is 1.71 bits per heavy atom. The molecule has 2 aliphatic carbocycles. The predicted octanol–water partition coefficient (Wildman–Crippen LogP) is 2.75. The molecule has 1 aromatic heterocycles. The maximum absolute atomic E-state index is 15.1. The van der Waals surface area contributed by atoms with Gasteiger partial charge in [-0.1, -0.05) is 32.1 Å². The quantitative estimate of drug-likeness (QED) is 0.506. The first kappa shape index (κ1) is 24.0. The molecule has 1 aromatic carbocycles. The number of rotatable bonds is 8. The van der Waals surface area contributed by atoms with Crippen LogP contribution >= 0.6 is 0 Å². The highest BCUT2D eigenvalue weighted by atomic mass is 19.1. The molecule has 0 bridgehead atoms. The number of hydrogen-bond donors (Lipinski definition) is 3. The van der Waals surface area contributed by atoms with Gasteiger partial charge in [0.1, 0.15) is 12.2 Å². The molecule has 2 fully saturated rings. The summed E-state index contributed by atoms with van der Waals surface area (Å²) in [6.07, 6.45) is 8.12. The monoisotopic (exact) mass is 474 g/mol. The standard InChI is InChI=1S/C24H31FN4O5/c25-18-12-17-20(13-19(18)27-15-6-2-1-3-7-15)29(16-8-4-5-9-16)24(34)28(23(17)33)11-10-26-21(30)14-22(31)32/h12-13,15-16,27H,1-11,14H2,(H,26,30)(H,31,32). The molecule has 0 atom stereocenters. The van der Waals surface area contributed by atoms with Crippen LogP contribution in [0.25, 0.3) is 10.9 Å². The van der Waals surface area contributed by atoms with E-state index in [-0.39, 0.29) is 30.6 Å². The zero-order chi connectivity index (χ0) is 24.2. The molecule has 9 nitrogen and oxygen atoms in total. The van der Waals surface area contributed by atoms with Gasteiger partial charge >= 0.3 is 11.7 Å². The number of hydrogen-bond acceptors (Lipinski definition) is 5. The summed E-state index contributed by atoms with van der Waals surface area (Å²) in [5.41, 5.74) is -0.381. The van der Waals surface area contributed by atoms with E-state index in [1.807, 2.05) is 0 Å². The molecule has 0 saturated heterocycles. The predicted molar refractivity (Wildman–Crippen MR) is 126 cm³/mol. The van der Waals surface area contributed by atoms with E-state index in [1.165, 1.54) is 12.5 Å². The number of nitrogens with zero attached hydrogens (tertiary/aromatic N) is 2. The number of benzene rings is 1. The first-order chi connectivity index (χ1) is 16.3. The highest BCUT2D eigenvalue weighted by molar-refractivity contribution is 5.93. The Morgan fingerprint density at radius 3 is 2.38 bits per heavy atom. The van der Waals surface area contributed by atoms with E-state index in [9.17, 15) is 19.2 Å². The normalized spacial score (nSPS) is 17.2. The summed E-state index contributed by atoms with van der Waals surface area (Å²) in [6, 6.07) is 2.88. The third-order valence-corrected chi connectivity index (χ3v) is 6.88. The number of carbonyl (C=O) groups excluding carboxylic acids is 1. The van der Waals surface area contributed by atoms with Crippen molar-refractivity contribution in [3.63, 3.8) is 0 Å². The summed E-state index contributed by atoms with van der Waals surface area (Å²) in [7, 11) is 0. The lowest BCUT2D eigenvalue weighted by Crippen LogP contribution is -2.43. The molecule has 3 N–H and O–H groups in total. The van der Waals surface area contributed by atoms with Crippen molar-refractivity contribution in [2.24, 2.45) is 0 Å². The van der Waals surface area contributed by atoms with Gasteiger partial charge in [-0.15, -0.1) is 0 Å². The fraction of sp³-hybridized carbons (Fsp3) is 0.583. The van der Waals surface area contributed by atoms with Crippen molar-refractivity contribution < 1.29 is 19.1 Å². The Hall–Kier alpha value is -3.17. The Kier molecular flexibility index (Phi) is 7.33. The van der Waals surface area contributed by atoms with Crippen molar-refractivity contribution in [2.45, 2.75) is 82.8 Å². The van der Waals surface area contributed by atoms with Crippen molar-refractivity contribution in [1.29, 1.82) is 0 Å². The van der Waals surface area contributed by atoms with Crippen LogP contribution in [0.5, 0.6) is 0 Å². The van der Waals surface area contributed by atoms with Crippen molar-refractivity contribution in [3.05, 3.63) is 38.8 Å². The van der Waals surface area contributed by atoms with Gasteiger partial charge < -0.3 is 15.7 Å². The lowest BCUT2D eigenvalue weighted by atomic mass is 9.95. The number of anilines is 1. The second-order valence-corrected chi connectivity index (χ2v) is 9.30. The number of aliphatic carboxylic acids is 1. The second kappa shape index (κ2) is 10.4. The molecule has 2 aromatic rings. The van der Waals surface area contributed by atoms with E-state index < -0.39 is 35.4 Å². The number of carboxylic acid groups (broad SMARTS) is 1. The topological polar surface area (TPSA) is 122 Å². The molecule has 0 aliphatic heterocycles. The van der Waals surface area contributed by atoms with Gasteiger partial charge in [-0.2, -0.15) is 0 Å². The fourth-order valence-electron chi connectivity index (χ4n) is 5.19. The van der Waals surface area contributed by atoms with Gasteiger partial charge in [-0.25, -0.2) is 9.18 Å². The van der Waals surface area contributed by atoms with Crippen LogP contribution in [-0.2, 0) is 16.1 Å². The minimum absolute atomic E-state index is 0.0821.